The topological polar surface area (TPSA) is 58.1 Å². The predicted octanol–water partition coefficient (Wildman–Crippen LogP) is 2.14. The van der Waals surface area contributed by atoms with Crippen molar-refractivity contribution >= 4 is 17.5 Å². The van der Waals surface area contributed by atoms with E-state index in [9.17, 15) is 4.79 Å². The van der Waals surface area contributed by atoms with Crippen LogP contribution < -0.4 is 10.2 Å². The van der Waals surface area contributed by atoms with Gasteiger partial charge >= 0.3 is 6.03 Å². The average Bonchev–Trinajstić information content (AvgIpc) is 2.40. The minimum absolute atomic E-state index is 0.253. The molecule has 2 amide bonds. The monoisotopic (exact) mass is 228 g/mol. The summed E-state index contributed by atoms with van der Waals surface area (Å²) in [5.41, 5.74) is 0.814. The van der Waals surface area contributed by atoms with Gasteiger partial charge in [0.05, 0.1) is 0 Å². The summed E-state index contributed by atoms with van der Waals surface area (Å²) >= 11 is 0. The van der Waals surface area contributed by atoms with E-state index in [-0.39, 0.29) is 6.03 Å². The number of amides is 2. The smallest absolute Gasteiger partial charge is 0.297 e. The van der Waals surface area contributed by atoms with Crippen molar-refractivity contribution in [1.82, 2.24) is 10.2 Å². The van der Waals surface area contributed by atoms with Crippen molar-refractivity contribution in [2.45, 2.75) is 0 Å². The van der Waals surface area contributed by atoms with Gasteiger partial charge < -0.3 is 0 Å². The fourth-order valence-corrected chi connectivity index (χ4v) is 1.33. The van der Waals surface area contributed by atoms with Crippen molar-refractivity contribution in [3.8, 4) is 0 Å². The number of nitrogens with zero attached hydrogens (tertiary/aromatic N) is 3. The Morgan fingerprint density at radius 1 is 1.18 bits per heavy atom. The number of aromatic nitrogens is 2. The van der Waals surface area contributed by atoms with Crippen molar-refractivity contribution in [2.24, 2.45) is 0 Å². The molecule has 2 aromatic rings. The SMILES string of the molecule is CN(C(=O)Nc1cccnn1)c1ccccc1. The van der Waals surface area contributed by atoms with Crippen LogP contribution in [0.4, 0.5) is 16.3 Å². The molecule has 0 aliphatic heterocycles. The van der Waals surface area contributed by atoms with Crippen molar-refractivity contribution < 1.29 is 4.79 Å². The molecule has 0 bridgehead atoms. The lowest BCUT2D eigenvalue weighted by molar-refractivity contribution is 0.258. The van der Waals surface area contributed by atoms with Gasteiger partial charge in [-0.3, -0.25) is 10.2 Å². The molecule has 0 unspecified atom stereocenters. The zero-order valence-electron chi connectivity index (χ0n) is 9.37. The van der Waals surface area contributed by atoms with Crippen molar-refractivity contribution in [3.05, 3.63) is 48.7 Å². The van der Waals surface area contributed by atoms with E-state index in [2.05, 4.69) is 15.5 Å². The van der Waals surface area contributed by atoms with Crippen LogP contribution in [0.1, 0.15) is 0 Å². The third-order valence-electron chi connectivity index (χ3n) is 2.26. The van der Waals surface area contributed by atoms with Crippen LogP contribution >= 0.6 is 0 Å². The average molecular weight is 228 g/mol. The first-order valence-electron chi connectivity index (χ1n) is 5.15. The van der Waals surface area contributed by atoms with Crippen LogP contribution in [-0.4, -0.2) is 23.3 Å². The molecule has 0 aliphatic carbocycles. The molecule has 1 heterocycles. The molecule has 1 aromatic heterocycles. The lowest BCUT2D eigenvalue weighted by Gasteiger charge is -2.17. The normalized spacial score (nSPS) is 9.71. The van der Waals surface area contributed by atoms with E-state index in [1.165, 1.54) is 4.90 Å². The maximum Gasteiger partial charge on any atom is 0.327 e. The zero-order valence-corrected chi connectivity index (χ0v) is 9.37. The molecule has 0 spiro atoms. The van der Waals surface area contributed by atoms with Crippen LogP contribution in [0, 0.1) is 0 Å². The van der Waals surface area contributed by atoms with E-state index in [4.69, 9.17) is 0 Å². The molecular formula is C12H12N4O. The second-order valence-corrected chi connectivity index (χ2v) is 3.43. The fourth-order valence-electron chi connectivity index (χ4n) is 1.33. The summed E-state index contributed by atoms with van der Waals surface area (Å²) in [5.74, 6) is 0.431. The zero-order chi connectivity index (χ0) is 12.1. The quantitative estimate of drug-likeness (QED) is 0.856. The molecule has 5 nitrogen and oxygen atoms in total. The molecule has 17 heavy (non-hydrogen) atoms. The third-order valence-corrected chi connectivity index (χ3v) is 2.26. The van der Waals surface area contributed by atoms with Gasteiger partial charge in [-0.15, -0.1) is 5.10 Å². The van der Waals surface area contributed by atoms with Gasteiger partial charge in [0.25, 0.3) is 0 Å². The highest BCUT2D eigenvalue weighted by Crippen LogP contribution is 2.12. The van der Waals surface area contributed by atoms with Gasteiger partial charge in [-0.2, -0.15) is 5.10 Å². The first-order chi connectivity index (χ1) is 8.27. The van der Waals surface area contributed by atoms with Crippen LogP contribution in [0.25, 0.3) is 0 Å². The maximum absolute atomic E-state index is 11.9. The second kappa shape index (κ2) is 5.07. The Morgan fingerprint density at radius 2 is 1.94 bits per heavy atom. The number of rotatable bonds is 2. The van der Waals surface area contributed by atoms with Gasteiger partial charge in [-0.1, -0.05) is 18.2 Å². The number of anilines is 2. The Balaban J connectivity index is 2.06. The molecule has 0 radical (unpaired) electrons. The van der Waals surface area contributed by atoms with E-state index in [0.29, 0.717) is 5.82 Å². The number of benzene rings is 1. The summed E-state index contributed by atoms with van der Waals surface area (Å²) < 4.78 is 0. The molecule has 0 saturated heterocycles. The van der Waals surface area contributed by atoms with Gasteiger partial charge in [0.15, 0.2) is 5.82 Å². The van der Waals surface area contributed by atoms with Crippen molar-refractivity contribution in [2.75, 3.05) is 17.3 Å². The lowest BCUT2D eigenvalue weighted by atomic mass is 10.3. The van der Waals surface area contributed by atoms with Crippen LogP contribution in [-0.2, 0) is 0 Å². The summed E-state index contributed by atoms with van der Waals surface area (Å²) in [6, 6.07) is 12.5. The molecule has 1 N–H and O–H groups in total. The molecule has 0 aliphatic rings. The molecule has 1 aromatic carbocycles. The van der Waals surface area contributed by atoms with E-state index in [1.54, 1.807) is 25.4 Å². The summed E-state index contributed by atoms with van der Waals surface area (Å²) in [4.78, 5) is 13.4. The molecule has 0 atom stereocenters. The predicted molar refractivity (Wildman–Crippen MR) is 65.9 cm³/mol. The van der Waals surface area contributed by atoms with Crippen LogP contribution in [0.2, 0.25) is 0 Å². The number of para-hydroxylation sites is 1. The van der Waals surface area contributed by atoms with Crippen molar-refractivity contribution in [3.63, 3.8) is 0 Å². The molecule has 0 saturated carbocycles. The third kappa shape index (κ3) is 2.78. The number of hydrogen-bond acceptors (Lipinski definition) is 3. The molecule has 0 fully saturated rings. The lowest BCUT2D eigenvalue weighted by Crippen LogP contribution is -2.31. The summed E-state index contributed by atoms with van der Waals surface area (Å²) in [6.45, 7) is 0. The van der Waals surface area contributed by atoms with E-state index in [0.717, 1.165) is 5.69 Å². The molecule has 2 rings (SSSR count). The Hall–Kier alpha value is -2.43. The van der Waals surface area contributed by atoms with Crippen LogP contribution in [0.15, 0.2) is 48.7 Å². The van der Waals surface area contributed by atoms with Crippen LogP contribution in [0.5, 0.6) is 0 Å². The Kier molecular flexibility index (Phi) is 3.30. The summed E-state index contributed by atoms with van der Waals surface area (Å²) in [6.07, 6.45) is 1.55. The Bertz CT molecular complexity index is 486. The Morgan fingerprint density at radius 3 is 2.59 bits per heavy atom. The first kappa shape index (κ1) is 11.1. The highest BCUT2D eigenvalue weighted by atomic mass is 16.2. The first-order valence-corrected chi connectivity index (χ1v) is 5.15. The summed E-state index contributed by atoms with van der Waals surface area (Å²) in [5, 5.41) is 10.1. The van der Waals surface area contributed by atoms with E-state index >= 15 is 0 Å². The summed E-state index contributed by atoms with van der Waals surface area (Å²) in [7, 11) is 1.70. The van der Waals surface area contributed by atoms with Crippen molar-refractivity contribution in [1.29, 1.82) is 0 Å². The molecule has 5 heteroatoms. The number of nitrogens with one attached hydrogen (secondary N) is 1. The second-order valence-electron chi connectivity index (χ2n) is 3.43. The van der Waals surface area contributed by atoms with Gasteiger partial charge in [-0.25, -0.2) is 4.79 Å². The fraction of sp³-hybridized carbons (Fsp3) is 0.0833. The van der Waals surface area contributed by atoms with E-state index < -0.39 is 0 Å². The number of urea groups is 1. The maximum atomic E-state index is 11.9. The molecule has 86 valence electrons. The minimum Gasteiger partial charge on any atom is -0.297 e. The van der Waals surface area contributed by atoms with Crippen LogP contribution in [0.3, 0.4) is 0 Å². The highest BCUT2D eigenvalue weighted by molar-refractivity contribution is 6.00. The largest absolute Gasteiger partial charge is 0.327 e. The Labute approximate surface area is 99.1 Å². The molecular weight excluding hydrogens is 216 g/mol. The van der Waals surface area contributed by atoms with E-state index in [1.807, 2.05) is 30.3 Å². The van der Waals surface area contributed by atoms with Gasteiger partial charge in [-0.05, 0) is 24.3 Å². The number of hydrogen-bond donors (Lipinski definition) is 1. The number of carbonyl (C=O) groups excluding carboxylic acids is 1. The standard InChI is InChI=1S/C12H12N4O/c1-16(10-6-3-2-4-7-10)12(17)14-11-8-5-9-13-15-11/h2-9H,1H3,(H,14,15,17). The van der Waals surface area contributed by atoms with Gasteiger partial charge in [0.2, 0.25) is 0 Å². The number of carbonyl (C=O) groups is 1. The minimum atomic E-state index is -0.253. The highest BCUT2D eigenvalue weighted by Gasteiger charge is 2.10. The van der Waals surface area contributed by atoms with Gasteiger partial charge in [0, 0.05) is 18.9 Å². The van der Waals surface area contributed by atoms with Gasteiger partial charge in [0.1, 0.15) is 0 Å².